The molecule has 4 nitrogen and oxygen atoms in total. The average Bonchev–Trinajstić information content (AvgIpc) is 2.31. The number of benzene rings is 1. The maximum absolute atomic E-state index is 11.6. The van der Waals surface area contributed by atoms with Crippen LogP contribution in [0.1, 0.15) is 12.5 Å². The standard InChI is InChI=1S/C13H16N2O2/c1-3-9(2)15-13(17)12(14)8-10-4-6-11(16)7-5-10/h1,4-7,9,12,16H,8,14H2,2H3,(H,15,17)/t9?,12-/m1/s1. The molecule has 0 aliphatic carbocycles. The van der Waals surface area contributed by atoms with E-state index < -0.39 is 6.04 Å². The Morgan fingerprint density at radius 1 is 1.53 bits per heavy atom. The fourth-order valence-corrected chi connectivity index (χ4v) is 1.34. The monoisotopic (exact) mass is 232 g/mol. The minimum absolute atomic E-state index is 0.188. The molecule has 1 amide bonds. The molecule has 0 bridgehead atoms. The molecular weight excluding hydrogens is 216 g/mol. The zero-order chi connectivity index (χ0) is 12.8. The summed E-state index contributed by atoms with van der Waals surface area (Å²) < 4.78 is 0. The molecule has 0 saturated heterocycles. The molecule has 4 N–H and O–H groups in total. The topological polar surface area (TPSA) is 75.4 Å². The minimum Gasteiger partial charge on any atom is -0.508 e. The molecule has 0 aliphatic rings. The highest BCUT2D eigenvalue weighted by Gasteiger charge is 2.15. The Morgan fingerprint density at radius 2 is 2.12 bits per heavy atom. The number of nitrogens with two attached hydrogens (primary N) is 1. The van der Waals surface area contributed by atoms with Crippen LogP contribution in [-0.4, -0.2) is 23.1 Å². The molecule has 90 valence electrons. The first-order valence-electron chi connectivity index (χ1n) is 5.33. The lowest BCUT2D eigenvalue weighted by molar-refractivity contribution is -0.122. The summed E-state index contributed by atoms with van der Waals surface area (Å²) in [7, 11) is 0. The highest BCUT2D eigenvalue weighted by molar-refractivity contribution is 5.82. The van der Waals surface area contributed by atoms with Gasteiger partial charge < -0.3 is 16.2 Å². The Balaban J connectivity index is 2.54. The number of terminal acetylenes is 1. The van der Waals surface area contributed by atoms with Crippen molar-refractivity contribution in [3.63, 3.8) is 0 Å². The van der Waals surface area contributed by atoms with Gasteiger partial charge in [-0.25, -0.2) is 0 Å². The first-order chi connectivity index (χ1) is 8.02. The van der Waals surface area contributed by atoms with Gasteiger partial charge in [-0.1, -0.05) is 18.1 Å². The smallest absolute Gasteiger partial charge is 0.238 e. The second-order valence-electron chi connectivity index (χ2n) is 3.87. The third-order valence-corrected chi connectivity index (χ3v) is 2.34. The van der Waals surface area contributed by atoms with E-state index in [0.717, 1.165) is 5.56 Å². The Kier molecular flexibility index (Phi) is 4.56. The summed E-state index contributed by atoms with van der Waals surface area (Å²) in [5, 5.41) is 11.7. The van der Waals surface area contributed by atoms with E-state index in [-0.39, 0.29) is 17.7 Å². The molecule has 0 spiro atoms. The quantitative estimate of drug-likeness (QED) is 0.658. The molecule has 0 saturated carbocycles. The van der Waals surface area contributed by atoms with Gasteiger partial charge in [0, 0.05) is 0 Å². The number of rotatable bonds is 4. The fourth-order valence-electron chi connectivity index (χ4n) is 1.34. The number of hydrogen-bond donors (Lipinski definition) is 3. The van der Waals surface area contributed by atoms with Crippen LogP contribution in [0.4, 0.5) is 0 Å². The zero-order valence-electron chi connectivity index (χ0n) is 9.68. The van der Waals surface area contributed by atoms with Crippen molar-refractivity contribution in [1.29, 1.82) is 0 Å². The lowest BCUT2D eigenvalue weighted by atomic mass is 10.1. The predicted octanol–water partition coefficient (Wildman–Crippen LogP) is 0.400. The molecule has 0 aromatic heterocycles. The summed E-state index contributed by atoms with van der Waals surface area (Å²) in [4.78, 5) is 11.6. The van der Waals surface area contributed by atoms with Crippen LogP contribution < -0.4 is 11.1 Å². The van der Waals surface area contributed by atoms with Crippen molar-refractivity contribution in [2.75, 3.05) is 0 Å². The van der Waals surface area contributed by atoms with Gasteiger partial charge in [0.1, 0.15) is 5.75 Å². The van der Waals surface area contributed by atoms with Gasteiger partial charge in [0.2, 0.25) is 5.91 Å². The fraction of sp³-hybridized carbons (Fsp3) is 0.308. The van der Waals surface area contributed by atoms with Gasteiger partial charge in [0.05, 0.1) is 12.1 Å². The van der Waals surface area contributed by atoms with E-state index in [0.29, 0.717) is 6.42 Å². The lowest BCUT2D eigenvalue weighted by Gasteiger charge is -2.14. The van der Waals surface area contributed by atoms with Gasteiger partial charge in [-0.05, 0) is 31.0 Å². The number of nitrogens with one attached hydrogen (secondary N) is 1. The van der Waals surface area contributed by atoms with Crippen molar-refractivity contribution in [2.24, 2.45) is 5.73 Å². The van der Waals surface area contributed by atoms with Crippen molar-refractivity contribution < 1.29 is 9.90 Å². The lowest BCUT2D eigenvalue weighted by Crippen LogP contribution is -2.45. The van der Waals surface area contributed by atoms with Crippen LogP contribution in [0.25, 0.3) is 0 Å². The summed E-state index contributed by atoms with van der Waals surface area (Å²) in [5.74, 6) is 2.31. The van der Waals surface area contributed by atoms with Crippen molar-refractivity contribution in [2.45, 2.75) is 25.4 Å². The third-order valence-electron chi connectivity index (χ3n) is 2.34. The van der Waals surface area contributed by atoms with E-state index in [1.165, 1.54) is 0 Å². The Bertz CT molecular complexity index is 420. The van der Waals surface area contributed by atoms with Gasteiger partial charge in [-0.15, -0.1) is 6.42 Å². The SMILES string of the molecule is C#CC(C)NC(=O)[C@H](N)Cc1ccc(O)cc1. The van der Waals surface area contributed by atoms with Crippen LogP contribution in [0.3, 0.4) is 0 Å². The van der Waals surface area contributed by atoms with Crippen LogP contribution in [0.15, 0.2) is 24.3 Å². The molecule has 0 heterocycles. The Labute approximate surface area is 101 Å². The van der Waals surface area contributed by atoms with E-state index in [4.69, 9.17) is 17.3 Å². The van der Waals surface area contributed by atoms with Gasteiger partial charge in [-0.3, -0.25) is 4.79 Å². The predicted molar refractivity (Wildman–Crippen MR) is 66.2 cm³/mol. The summed E-state index contributed by atoms with van der Waals surface area (Å²) in [6.07, 6.45) is 5.56. The first kappa shape index (κ1) is 13.1. The summed E-state index contributed by atoms with van der Waals surface area (Å²) in [6.45, 7) is 1.71. The van der Waals surface area contributed by atoms with Crippen LogP contribution in [0.5, 0.6) is 5.75 Å². The van der Waals surface area contributed by atoms with E-state index in [2.05, 4.69) is 11.2 Å². The van der Waals surface area contributed by atoms with E-state index in [1.807, 2.05) is 0 Å². The molecule has 0 aliphatic heterocycles. The number of carbonyl (C=O) groups excluding carboxylic acids is 1. The number of phenols is 1. The molecule has 17 heavy (non-hydrogen) atoms. The first-order valence-corrected chi connectivity index (χ1v) is 5.33. The molecule has 0 fully saturated rings. The maximum Gasteiger partial charge on any atom is 0.238 e. The summed E-state index contributed by atoms with van der Waals surface area (Å²) in [6, 6.07) is 5.61. The molecule has 0 radical (unpaired) electrons. The molecule has 2 atom stereocenters. The van der Waals surface area contributed by atoms with E-state index in [1.54, 1.807) is 31.2 Å². The van der Waals surface area contributed by atoms with Crippen molar-refractivity contribution >= 4 is 5.91 Å². The second kappa shape index (κ2) is 5.92. The van der Waals surface area contributed by atoms with Gasteiger partial charge in [0.15, 0.2) is 0 Å². The molecule has 1 rings (SSSR count). The molecule has 1 unspecified atom stereocenters. The van der Waals surface area contributed by atoms with Crippen LogP contribution >= 0.6 is 0 Å². The van der Waals surface area contributed by atoms with Crippen LogP contribution in [0.2, 0.25) is 0 Å². The molecule has 1 aromatic rings. The number of phenolic OH excluding ortho intramolecular Hbond substituents is 1. The van der Waals surface area contributed by atoms with Crippen molar-refractivity contribution in [3.8, 4) is 18.1 Å². The Hall–Kier alpha value is -1.99. The largest absolute Gasteiger partial charge is 0.508 e. The van der Waals surface area contributed by atoms with Crippen molar-refractivity contribution in [3.05, 3.63) is 29.8 Å². The average molecular weight is 232 g/mol. The van der Waals surface area contributed by atoms with E-state index in [9.17, 15) is 4.79 Å². The summed E-state index contributed by atoms with van der Waals surface area (Å²) >= 11 is 0. The zero-order valence-corrected chi connectivity index (χ0v) is 9.68. The van der Waals surface area contributed by atoms with Gasteiger partial charge in [0.25, 0.3) is 0 Å². The molecule has 1 aromatic carbocycles. The third kappa shape index (κ3) is 4.17. The van der Waals surface area contributed by atoms with Crippen LogP contribution in [0, 0.1) is 12.3 Å². The van der Waals surface area contributed by atoms with Gasteiger partial charge >= 0.3 is 0 Å². The van der Waals surface area contributed by atoms with Gasteiger partial charge in [-0.2, -0.15) is 0 Å². The number of hydrogen-bond acceptors (Lipinski definition) is 3. The number of aromatic hydroxyl groups is 1. The normalized spacial score (nSPS) is 13.5. The second-order valence-corrected chi connectivity index (χ2v) is 3.87. The minimum atomic E-state index is -0.643. The van der Waals surface area contributed by atoms with Crippen LogP contribution in [-0.2, 0) is 11.2 Å². The number of carbonyl (C=O) groups is 1. The maximum atomic E-state index is 11.6. The Morgan fingerprint density at radius 3 is 2.65 bits per heavy atom. The number of amides is 1. The highest BCUT2D eigenvalue weighted by atomic mass is 16.3. The summed E-state index contributed by atoms with van der Waals surface area (Å²) in [5.41, 5.74) is 6.63. The van der Waals surface area contributed by atoms with Crippen molar-refractivity contribution in [1.82, 2.24) is 5.32 Å². The highest BCUT2D eigenvalue weighted by Crippen LogP contribution is 2.10. The van der Waals surface area contributed by atoms with E-state index >= 15 is 0 Å². The molecular formula is C13H16N2O2. The molecule has 4 heteroatoms.